The van der Waals surface area contributed by atoms with E-state index in [-0.39, 0.29) is 5.50 Å². The third-order valence-corrected chi connectivity index (χ3v) is 1.86. The lowest BCUT2D eigenvalue weighted by atomic mass is 10.2. The molecule has 9 heavy (non-hydrogen) atoms. The maximum absolute atomic E-state index is 5.68. The predicted octanol–water partition coefficient (Wildman–Crippen LogP) is 1.95. The van der Waals surface area contributed by atoms with Crippen LogP contribution in [0.3, 0.4) is 0 Å². The maximum atomic E-state index is 5.68. The summed E-state index contributed by atoms with van der Waals surface area (Å²) in [5.41, 5.74) is 0.619. The second-order valence-corrected chi connectivity index (χ2v) is 2.73. The van der Waals surface area contributed by atoms with Gasteiger partial charge >= 0.3 is 0 Å². The van der Waals surface area contributed by atoms with Gasteiger partial charge in [-0.25, -0.2) is 0 Å². The van der Waals surface area contributed by atoms with Crippen molar-refractivity contribution < 1.29 is 0 Å². The van der Waals surface area contributed by atoms with Gasteiger partial charge in [-0.3, -0.25) is 4.99 Å². The van der Waals surface area contributed by atoms with E-state index in [2.05, 4.69) is 4.99 Å². The summed E-state index contributed by atoms with van der Waals surface area (Å²) in [6, 6.07) is 0. The molecule has 0 bridgehead atoms. The molecule has 0 aromatic rings. The minimum Gasteiger partial charge on any atom is -0.265 e. The molecule has 1 unspecified atom stereocenters. The number of dihydropyridines is 1. The number of thiocarbonyl (C=S) groups is 1. The van der Waals surface area contributed by atoms with E-state index in [1.807, 2.05) is 19.1 Å². The topological polar surface area (TPSA) is 12.4 Å². The lowest BCUT2D eigenvalue weighted by molar-refractivity contribution is 1.21. The van der Waals surface area contributed by atoms with E-state index in [4.69, 9.17) is 23.8 Å². The Balaban J connectivity index is 2.82. The molecular weight excluding hydrogens is 154 g/mol. The summed E-state index contributed by atoms with van der Waals surface area (Å²) in [5, 5.41) is 0. The molecule has 0 aromatic heterocycles. The Morgan fingerprint density at radius 1 is 1.67 bits per heavy atom. The molecule has 1 rings (SSSR count). The van der Waals surface area contributed by atoms with Crippen LogP contribution in [0.4, 0.5) is 0 Å². The van der Waals surface area contributed by atoms with Crippen LogP contribution in [-0.2, 0) is 0 Å². The molecular formula is C6H6ClNS. The van der Waals surface area contributed by atoms with E-state index >= 15 is 0 Å². The highest BCUT2D eigenvalue weighted by atomic mass is 35.5. The molecule has 0 saturated carbocycles. The molecule has 1 heterocycles. The van der Waals surface area contributed by atoms with Gasteiger partial charge in [0.25, 0.3) is 0 Å². The summed E-state index contributed by atoms with van der Waals surface area (Å²) >= 11 is 10.5. The third-order valence-electron chi connectivity index (χ3n) is 1.04. The number of alkyl halides is 1. The first kappa shape index (κ1) is 6.90. The zero-order valence-corrected chi connectivity index (χ0v) is 6.54. The van der Waals surface area contributed by atoms with Crippen molar-refractivity contribution in [2.45, 2.75) is 12.4 Å². The van der Waals surface area contributed by atoms with Crippen molar-refractivity contribution >= 4 is 34.4 Å². The molecule has 0 fully saturated rings. The Labute approximate surface area is 64.4 Å². The summed E-state index contributed by atoms with van der Waals surface area (Å²) in [6.45, 7) is 1.90. The Bertz CT molecular complexity index is 195. The largest absolute Gasteiger partial charge is 0.265 e. The van der Waals surface area contributed by atoms with Crippen molar-refractivity contribution in [3.63, 3.8) is 0 Å². The van der Waals surface area contributed by atoms with E-state index in [0.29, 0.717) is 4.86 Å². The fourth-order valence-corrected chi connectivity index (χ4v) is 0.915. The maximum Gasteiger partial charge on any atom is 0.158 e. The molecule has 0 amide bonds. The van der Waals surface area contributed by atoms with Crippen molar-refractivity contribution in [2.24, 2.45) is 4.99 Å². The van der Waals surface area contributed by atoms with Crippen molar-refractivity contribution in [1.82, 2.24) is 0 Å². The van der Waals surface area contributed by atoms with E-state index in [9.17, 15) is 0 Å². The van der Waals surface area contributed by atoms with Crippen LogP contribution in [0.5, 0.6) is 0 Å². The van der Waals surface area contributed by atoms with Crippen molar-refractivity contribution in [1.29, 1.82) is 0 Å². The number of allylic oxidation sites excluding steroid dienone is 1. The van der Waals surface area contributed by atoms with Gasteiger partial charge in [-0.1, -0.05) is 23.8 Å². The molecule has 0 N–H and O–H groups in total. The Hall–Kier alpha value is -0.210. The molecule has 48 valence electrons. The van der Waals surface area contributed by atoms with Crippen LogP contribution in [0.15, 0.2) is 17.1 Å². The molecule has 1 atom stereocenters. The highest BCUT2D eigenvalue weighted by Gasteiger charge is 2.08. The number of aliphatic imine (C=N–C) groups is 1. The Morgan fingerprint density at radius 3 is 2.78 bits per heavy atom. The summed E-state index contributed by atoms with van der Waals surface area (Å²) in [5.74, 6) is 0. The SMILES string of the molecule is CC1=NC(Cl)C(=S)C=C1. The number of rotatable bonds is 0. The lowest BCUT2D eigenvalue weighted by Gasteiger charge is -2.06. The van der Waals surface area contributed by atoms with Crippen molar-refractivity contribution in [2.75, 3.05) is 0 Å². The molecule has 1 aliphatic heterocycles. The second kappa shape index (κ2) is 2.58. The van der Waals surface area contributed by atoms with Gasteiger partial charge in [0.1, 0.15) is 0 Å². The number of nitrogens with zero attached hydrogens (tertiary/aromatic N) is 1. The van der Waals surface area contributed by atoms with Gasteiger partial charge in [0.2, 0.25) is 0 Å². The fraction of sp³-hybridized carbons (Fsp3) is 0.333. The van der Waals surface area contributed by atoms with Crippen LogP contribution in [0.2, 0.25) is 0 Å². The predicted molar refractivity (Wildman–Crippen MR) is 44.5 cm³/mol. The standard InChI is InChI=1S/C6H6ClNS/c1-4-2-3-5(9)6(7)8-4/h2-3,6H,1H3. The van der Waals surface area contributed by atoms with Gasteiger partial charge in [0, 0.05) is 5.71 Å². The minimum absolute atomic E-state index is 0.315. The molecule has 0 spiro atoms. The van der Waals surface area contributed by atoms with E-state index in [0.717, 1.165) is 5.71 Å². The first-order valence-electron chi connectivity index (χ1n) is 2.60. The van der Waals surface area contributed by atoms with Crippen LogP contribution >= 0.6 is 23.8 Å². The zero-order chi connectivity index (χ0) is 6.85. The first-order valence-corrected chi connectivity index (χ1v) is 3.45. The monoisotopic (exact) mass is 159 g/mol. The Kier molecular flexibility index (Phi) is 1.98. The van der Waals surface area contributed by atoms with Crippen molar-refractivity contribution in [3.8, 4) is 0 Å². The molecule has 3 heteroatoms. The Morgan fingerprint density at radius 2 is 2.33 bits per heavy atom. The van der Waals surface area contributed by atoms with Gasteiger partial charge in [-0.05, 0) is 19.1 Å². The summed E-state index contributed by atoms with van der Waals surface area (Å²) in [6.07, 6.45) is 3.68. The molecule has 0 radical (unpaired) electrons. The van der Waals surface area contributed by atoms with Gasteiger partial charge in [-0.2, -0.15) is 0 Å². The lowest BCUT2D eigenvalue weighted by Crippen LogP contribution is -2.12. The first-order chi connectivity index (χ1) is 4.20. The molecule has 0 saturated heterocycles. The average molecular weight is 160 g/mol. The number of hydrogen-bond donors (Lipinski definition) is 0. The van der Waals surface area contributed by atoms with E-state index in [1.165, 1.54) is 0 Å². The van der Waals surface area contributed by atoms with Crippen molar-refractivity contribution in [3.05, 3.63) is 12.2 Å². The zero-order valence-electron chi connectivity index (χ0n) is 4.97. The molecule has 1 aliphatic rings. The third kappa shape index (κ3) is 1.60. The van der Waals surface area contributed by atoms with Crippen LogP contribution in [0.25, 0.3) is 0 Å². The summed E-state index contributed by atoms with van der Waals surface area (Å²) < 4.78 is 0. The number of hydrogen-bond acceptors (Lipinski definition) is 2. The second-order valence-electron chi connectivity index (χ2n) is 1.84. The normalized spacial score (nSPS) is 26.2. The molecule has 1 nitrogen and oxygen atoms in total. The van der Waals surface area contributed by atoms with Crippen LogP contribution in [-0.4, -0.2) is 16.1 Å². The van der Waals surface area contributed by atoms with Gasteiger partial charge in [0.15, 0.2) is 5.50 Å². The van der Waals surface area contributed by atoms with Crippen LogP contribution in [0, 0.1) is 0 Å². The van der Waals surface area contributed by atoms with Crippen LogP contribution in [0.1, 0.15) is 6.92 Å². The van der Waals surface area contributed by atoms with E-state index in [1.54, 1.807) is 0 Å². The summed E-state index contributed by atoms with van der Waals surface area (Å²) in [7, 11) is 0. The van der Waals surface area contributed by atoms with Crippen LogP contribution < -0.4 is 0 Å². The van der Waals surface area contributed by atoms with Gasteiger partial charge in [0.05, 0.1) is 4.86 Å². The highest BCUT2D eigenvalue weighted by Crippen LogP contribution is 2.08. The van der Waals surface area contributed by atoms with Gasteiger partial charge in [-0.15, -0.1) is 0 Å². The highest BCUT2D eigenvalue weighted by molar-refractivity contribution is 7.81. The van der Waals surface area contributed by atoms with Gasteiger partial charge < -0.3 is 0 Å². The number of halogens is 1. The smallest absolute Gasteiger partial charge is 0.158 e. The molecule has 0 aliphatic carbocycles. The fourth-order valence-electron chi connectivity index (χ4n) is 0.568. The molecule has 0 aromatic carbocycles. The average Bonchev–Trinajstić information content (AvgIpc) is 1.80. The summed E-state index contributed by atoms with van der Waals surface area (Å²) in [4.78, 5) is 4.71. The quantitative estimate of drug-likeness (QED) is 0.299. The van der Waals surface area contributed by atoms with E-state index < -0.39 is 0 Å². The minimum atomic E-state index is -0.315.